The molecule has 0 saturated carbocycles. The Labute approximate surface area is 105 Å². The van der Waals surface area contributed by atoms with Crippen LogP contribution in [-0.2, 0) is 0 Å². The fourth-order valence-electron chi connectivity index (χ4n) is 0.850. The molecule has 17 heavy (non-hydrogen) atoms. The maximum absolute atomic E-state index is 11.9. The van der Waals surface area contributed by atoms with Crippen LogP contribution in [0.2, 0.25) is 0 Å². The largest absolute Gasteiger partial charge is 0.405 e. The van der Waals surface area contributed by atoms with Crippen molar-refractivity contribution in [2.45, 2.75) is 11.3 Å². The molecule has 4 nitrogen and oxygen atoms in total. The number of nitrogens with zero attached hydrogens (tertiary/aromatic N) is 2. The van der Waals surface area contributed by atoms with Crippen molar-refractivity contribution < 1.29 is 13.2 Å². The van der Waals surface area contributed by atoms with Crippen molar-refractivity contribution >= 4 is 34.9 Å². The second kappa shape index (κ2) is 6.01. The minimum atomic E-state index is -4.30. The summed E-state index contributed by atoms with van der Waals surface area (Å²) in [6, 6.07) is 1.52. The standard InChI is InChI=1S/C8H9F3N4S2/c1-17-7-12-3-2-5(15-7)14-6(16)13-4-8(9,10)11/h2-3H,4H2,1H3,(H2,12,13,14,15,16). The van der Waals surface area contributed by atoms with Crippen molar-refractivity contribution in [3.05, 3.63) is 12.3 Å². The highest BCUT2D eigenvalue weighted by Crippen LogP contribution is 2.13. The van der Waals surface area contributed by atoms with E-state index in [4.69, 9.17) is 12.2 Å². The lowest BCUT2D eigenvalue weighted by molar-refractivity contribution is -0.121. The highest BCUT2D eigenvalue weighted by atomic mass is 32.2. The lowest BCUT2D eigenvalue weighted by Gasteiger charge is -2.11. The molecule has 0 atom stereocenters. The van der Waals surface area contributed by atoms with E-state index >= 15 is 0 Å². The summed E-state index contributed by atoms with van der Waals surface area (Å²) in [4.78, 5) is 7.93. The Bertz CT molecular complexity index is 397. The molecule has 1 heterocycles. The monoisotopic (exact) mass is 282 g/mol. The first kappa shape index (κ1) is 14.0. The molecule has 0 aromatic carbocycles. The van der Waals surface area contributed by atoms with Crippen LogP contribution in [0.5, 0.6) is 0 Å². The molecule has 1 aromatic rings. The molecule has 2 N–H and O–H groups in total. The third kappa shape index (κ3) is 5.68. The zero-order chi connectivity index (χ0) is 12.9. The number of hydrogen-bond donors (Lipinski definition) is 2. The second-order valence-electron chi connectivity index (χ2n) is 2.85. The van der Waals surface area contributed by atoms with Gasteiger partial charge in [-0.15, -0.1) is 0 Å². The van der Waals surface area contributed by atoms with E-state index in [9.17, 15) is 13.2 Å². The van der Waals surface area contributed by atoms with Gasteiger partial charge in [-0.1, -0.05) is 11.8 Å². The Kier molecular flexibility index (Phi) is 4.94. The number of alkyl halides is 3. The summed E-state index contributed by atoms with van der Waals surface area (Å²) < 4.78 is 35.7. The fourth-order valence-corrected chi connectivity index (χ4v) is 1.38. The minimum absolute atomic E-state index is 0.131. The van der Waals surface area contributed by atoms with Crippen molar-refractivity contribution in [2.75, 3.05) is 18.1 Å². The predicted molar refractivity (Wildman–Crippen MR) is 64.1 cm³/mol. The molecule has 0 aliphatic heterocycles. The molecule has 0 aliphatic rings. The second-order valence-corrected chi connectivity index (χ2v) is 4.03. The van der Waals surface area contributed by atoms with E-state index in [1.807, 2.05) is 5.32 Å². The first-order chi connectivity index (χ1) is 7.90. The molecule has 0 spiro atoms. The minimum Gasteiger partial charge on any atom is -0.353 e. The van der Waals surface area contributed by atoms with Gasteiger partial charge in [-0.2, -0.15) is 13.2 Å². The molecule has 1 rings (SSSR count). The lowest BCUT2D eigenvalue weighted by atomic mass is 10.6. The van der Waals surface area contributed by atoms with Gasteiger partial charge in [0.2, 0.25) is 0 Å². The van der Waals surface area contributed by atoms with Crippen molar-refractivity contribution in [3.63, 3.8) is 0 Å². The van der Waals surface area contributed by atoms with Crippen LogP contribution in [0, 0.1) is 0 Å². The number of halogens is 3. The normalized spacial score (nSPS) is 11.1. The van der Waals surface area contributed by atoms with E-state index in [2.05, 4.69) is 15.3 Å². The average molecular weight is 282 g/mol. The summed E-state index contributed by atoms with van der Waals surface area (Å²) in [5.74, 6) is 0.351. The summed E-state index contributed by atoms with van der Waals surface area (Å²) in [5, 5.41) is 4.96. The number of thiocarbonyl (C=S) groups is 1. The van der Waals surface area contributed by atoms with Crippen molar-refractivity contribution in [1.29, 1.82) is 0 Å². The van der Waals surface area contributed by atoms with Crippen LogP contribution in [0.3, 0.4) is 0 Å². The molecule has 0 bridgehead atoms. The summed E-state index contributed by atoms with van der Waals surface area (Å²) in [5.41, 5.74) is 0. The zero-order valence-electron chi connectivity index (χ0n) is 8.71. The molecule has 94 valence electrons. The Morgan fingerprint density at radius 2 is 2.24 bits per heavy atom. The van der Waals surface area contributed by atoms with Crippen LogP contribution in [-0.4, -0.2) is 34.1 Å². The van der Waals surface area contributed by atoms with Crippen LogP contribution >= 0.6 is 24.0 Å². The molecular weight excluding hydrogens is 273 g/mol. The van der Waals surface area contributed by atoms with Crippen LogP contribution in [0.4, 0.5) is 19.0 Å². The third-order valence-electron chi connectivity index (χ3n) is 1.51. The topological polar surface area (TPSA) is 49.8 Å². The van der Waals surface area contributed by atoms with Gasteiger partial charge >= 0.3 is 6.18 Å². The molecule has 0 unspecified atom stereocenters. The van der Waals surface area contributed by atoms with E-state index in [0.29, 0.717) is 11.0 Å². The smallest absolute Gasteiger partial charge is 0.353 e. The maximum Gasteiger partial charge on any atom is 0.405 e. The van der Waals surface area contributed by atoms with Gasteiger partial charge in [0.1, 0.15) is 12.4 Å². The Hall–Kier alpha value is -1.09. The van der Waals surface area contributed by atoms with Crippen molar-refractivity contribution in [1.82, 2.24) is 15.3 Å². The fraction of sp³-hybridized carbons (Fsp3) is 0.375. The molecule has 0 saturated heterocycles. The highest BCUT2D eigenvalue weighted by molar-refractivity contribution is 7.98. The maximum atomic E-state index is 11.9. The quantitative estimate of drug-likeness (QED) is 0.503. The van der Waals surface area contributed by atoms with E-state index < -0.39 is 12.7 Å². The third-order valence-corrected chi connectivity index (χ3v) is 2.32. The van der Waals surface area contributed by atoms with Crippen molar-refractivity contribution in [2.24, 2.45) is 0 Å². The Morgan fingerprint density at radius 1 is 1.53 bits per heavy atom. The summed E-state index contributed by atoms with van der Waals surface area (Å²) in [7, 11) is 0. The predicted octanol–water partition coefficient (Wildman–Crippen LogP) is 2.05. The molecular formula is C8H9F3N4S2. The highest BCUT2D eigenvalue weighted by Gasteiger charge is 2.26. The Balaban J connectivity index is 2.50. The molecule has 0 fully saturated rings. The van der Waals surface area contributed by atoms with Crippen LogP contribution in [0.25, 0.3) is 0 Å². The number of nitrogens with one attached hydrogen (secondary N) is 2. The van der Waals surface area contributed by atoms with Gasteiger partial charge < -0.3 is 10.6 Å². The van der Waals surface area contributed by atoms with Gasteiger partial charge in [-0.3, -0.25) is 0 Å². The van der Waals surface area contributed by atoms with Gasteiger partial charge in [-0.05, 0) is 24.5 Å². The molecule has 0 radical (unpaired) electrons. The van der Waals surface area contributed by atoms with Gasteiger partial charge in [0.25, 0.3) is 0 Å². The first-order valence-corrected chi connectivity index (χ1v) is 6.02. The molecule has 9 heteroatoms. The van der Waals surface area contributed by atoms with Crippen LogP contribution < -0.4 is 10.6 Å². The summed E-state index contributed by atoms with van der Waals surface area (Å²) in [6.45, 7) is -1.18. The number of thioether (sulfide) groups is 1. The SMILES string of the molecule is CSc1nccc(NC(=S)NCC(F)(F)F)n1. The van der Waals surface area contributed by atoms with Gasteiger partial charge in [0.15, 0.2) is 10.3 Å². The zero-order valence-corrected chi connectivity index (χ0v) is 10.3. The molecule has 0 amide bonds. The summed E-state index contributed by atoms with van der Waals surface area (Å²) >= 11 is 6.02. The summed E-state index contributed by atoms with van der Waals surface area (Å²) in [6.07, 6.45) is -1.02. The van der Waals surface area contributed by atoms with Gasteiger partial charge in [-0.25, -0.2) is 9.97 Å². The average Bonchev–Trinajstić information content (AvgIpc) is 2.26. The lowest BCUT2D eigenvalue weighted by Crippen LogP contribution is -2.36. The number of hydrogen-bond acceptors (Lipinski definition) is 4. The number of aromatic nitrogens is 2. The van der Waals surface area contributed by atoms with E-state index in [0.717, 1.165) is 0 Å². The number of rotatable bonds is 3. The van der Waals surface area contributed by atoms with E-state index in [1.54, 1.807) is 6.26 Å². The van der Waals surface area contributed by atoms with Crippen molar-refractivity contribution in [3.8, 4) is 0 Å². The van der Waals surface area contributed by atoms with Gasteiger partial charge in [0, 0.05) is 6.20 Å². The van der Waals surface area contributed by atoms with E-state index in [1.165, 1.54) is 24.0 Å². The van der Waals surface area contributed by atoms with Gasteiger partial charge in [0.05, 0.1) is 0 Å². The van der Waals surface area contributed by atoms with Crippen LogP contribution in [0.15, 0.2) is 17.4 Å². The Morgan fingerprint density at radius 3 is 2.82 bits per heavy atom. The first-order valence-electron chi connectivity index (χ1n) is 4.39. The molecule has 0 aliphatic carbocycles. The van der Waals surface area contributed by atoms with E-state index in [-0.39, 0.29) is 5.11 Å². The molecule has 1 aromatic heterocycles. The number of anilines is 1. The van der Waals surface area contributed by atoms with Crippen LogP contribution in [0.1, 0.15) is 0 Å².